The summed E-state index contributed by atoms with van der Waals surface area (Å²) in [5.41, 5.74) is 0.872. The van der Waals surface area contributed by atoms with Crippen LogP contribution in [0.15, 0.2) is 30.7 Å². The average molecular weight is 415 g/mol. The van der Waals surface area contributed by atoms with Crippen LogP contribution < -0.4 is 19.5 Å². The molecule has 1 fully saturated rings. The third kappa shape index (κ3) is 4.95. The highest BCUT2D eigenvalue weighted by molar-refractivity contribution is 5.93. The first-order valence-corrected chi connectivity index (χ1v) is 9.43. The number of methoxy groups -OCH3 is 3. The molecule has 1 aliphatic rings. The molecule has 30 heavy (non-hydrogen) atoms. The van der Waals surface area contributed by atoms with Crippen LogP contribution in [-0.4, -0.2) is 85.6 Å². The number of piperazine rings is 1. The van der Waals surface area contributed by atoms with Crippen LogP contribution >= 0.6 is 0 Å². The Morgan fingerprint density at radius 2 is 1.67 bits per heavy atom. The minimum Gasteiger partial charge on any atom is -0.493 e. The number of rotatable bonds is 7. The third-order valence-electron chi connectivity index (χ3n) is 4.76. The van der Waals surface area contributed by atoms with E-state index in [1.807, 2.05) is 4.90 Å². The van der Waals surface area contributed by atoms with Gasteiger partial charge in [-0.1, -0.05) is 0 Å². The molecule has 2 aromatic rings. The predicted molar refractivity (Wildman–Crippen MR) is 109 cm³/mol. The monoisotopic (exact) mass is 415 g/mol. The van der Waals surface area contributed by atoms with Gasteiger partial charge in [-0.3, -0.25) is 19.5 Å². The van der Waals surface area contributed by atoms with Crippen LogP contribution in [0.3, 0.4) is 0 Å². The first-order chi connectivity index (χ1) is 14.5. The van der Waals surface area contributed by atoms with Crippen molar-refractivity contribution in [3.8, 4) is 17.2 Å². The Hall–Kier alpha value is -3.40. The topological polar surface area (TPSA) is 106 Å². The van der Waals surface area contributed by atoms with Crippen LogP contribution in [0.5, 0.6) is 17.2 Å². The summed E-state index contributed by atoms with van der Waals surface area (Å²) in [6.45, 7) is 2.44. The van der Waals surface area contributed by atoms with Crippen molar-refractivity contribution in [1.82, 2.24) is 19.8 Å². The molecule has 10 nitrogen and oxygen atoms in total. The number of carbonyl (C=O) groups is 2. The Balaban J connectivity index is 1.55. The summed E-state index contributed by atoms with van der Waals surface area (Å²) in [5, 5.41) is 2.85. The fraction of sp³-hybridized carbons (Fsp3) is 0.400. The van der Waals surface area contributed by atoms with Gasteiger partial charge in [-0.2, -0.15) is 0 Å². The van der Waals surface area contributed by atoms with Gasteiger partial charge in [0, 0.05) is 56.4 Å². The lowest BCUT2D eigenvalue weighted by atomic mass is 10.2. The van der Waals surface area contributed by atoms with E-state index in [2.05, 4.69) is 15.3 Å². The zero-order valence-corrected chi connectivity index (χ0v) is 17.3. The van der Waals surface area contributed by atoms with E-state index in [0.29, 0.717) is 54.8 Å². The van der Waals surface area contributed by atoms with E-state index in [0.717, 1.165) is 0 Å². The zero-order chi connectivity index (χ0) is 21.5. The lowest BCUT2D eigenvalue weighted by Crippen LogP contribution is -2.50. The van der Waals surface area contributed by atoms with Crippen LogP contribution in [0.4, 0.5) is 5.69 Å². The summed E-state index contributed by atoms with van der Waals surface area (Å²) in [4.78, 5) is 36.6. The summed E-state index contributed by atoms with van der Waals surface area (Å²) in [6, 6.07) is 3.35. The molecule has 0 spiro atoms. The number of aromatic nitrogens is 2. The van der Waals surface area contributed by atoms with Crippen molar-refractivity contribution in [2.45, 2.75) is 0 Å². The molecule has 0 saturated carbocycles. The SMILES string of the molecule is COc1cc(NC(=O)CN2CCN(C(=O)c3cnccn3)CC2)cc(OC)c1OC. The quantitative estimate of drug-likeness (QED) is 0.711. The summed E-state index contributed by atoms with van der Waals surface area (Å²) in [5.74, 6) is 1.07. The van der Waals surface area contributed by atoms with E-state index in [4.69, 9.17) is 14.2 Å². The molecule has 1 aromatic carbocycles. The number of hydrogen-bond acceptors (Lipinski definition) is 8. The smallest absolute Gasteiger partial charge is 0.274 e. The third-order valence-corrected chi connectivity index (χ3v) is 4.76. The molecule has 160 valence electrons. The van der Waals surface area contributed by atoms with Crippen molar-refractivity contribution in [2.75, 3.05) is 59.4 Å². The number of nitrogens with one attached hydrogen (secondary N) is 1. The Kier molecular flexibility index (Phi) is 7.02. The molecular formula is C20H25N5O5. The van der Waals surface area contributed by atoms with Gasteiger partial charge in [-0.25, -0.2) is 4.98 Å². The van der Waals surface area contributed by atoms with Crippen molar-refractivity contribution in [3.05, 3.63) is 36.4 Å². The van der Waals surface area contributed by atoms with Crippen LogP contribution in [0.1, 0.15) is 10.5 Å². The lowest BCUT2D eigenvalue weighted by molar-refractivity contribution is -0.117. The van der Waals surface area contributed by atoms with E-state index in [1.165, 1.54) is 39.9 Å². The van der Waals surface area contributed by atoms with Gasteiger partial charge in [0.25, 0.3) is 5.91 Å². The van der Waals surface area contributed by atoms with Crippen molar-refractivity contribution >= 4 is 17.5 Å². The van der Waals surface area contributed by atoms with Gasteiger partial charge >= 0.3 is 0 Å². The Bertz CT molecular complexity index is 859. The highest BCUT2D eigenvalue weighted by atomic mass is 16.5. The molecule has 3 rings (SSSR count). The molecule has 1 aromatic heterocycles. The maximum absolute atomic E-state index is 12.5. The van der Waals surface area contributed by atoms with Crippen LogP contribution in [0.2, 0.25) is 0 Å². The van der Waals surface area contributed by atoms with Crippen LogP contribution in [0.25, 0.3) is 0 Å². The Morgan fingerprint density at radius 1 is 1.00 bits per heavy atom. The Labute approximate surface area is 174 Å². The molecule has 10 heteroatoms. The van der Waals surface area contributed by atoms with Crippen molar-refractivity contribution in [2.24, 2.45) is 0 Å². The minimum absolute atomic E-state index is 0.148. The average Bonchev–Trinajstić information content (AvgIpc) is 2.78. The fourth-order valence-corrected chi connectivity index (χ4v) is 3.24. The molecule has 1 saturated heterocycles. The van der Waals surface area contributed by atoms with E-state index < -0.39 is 0 Å². The van der Waals surface area contributed by atoms with Gasteiger partial charge in [0.05, 0.1) is 34.1 Å². The molecule has 0 unspecified atom stereocenters. The molecule has 1 N–H and O–H groups in total. The second-order valence-electron chi connectivity index (χ2n) is 6.62. The number of carbonyl (C=O) groups excluding carboxylic acids is 2. The second kappa shape index (κ2) is 9.88. The van der Waals surface area contributed by atoms with Crippen molar-refractivity contribution in [3.63, 3.8) is 0 Å². The van der Waals surface area contributed by atoms with Gasteiger partial charge in [0.1, 0.15) is 5.69 Å². The maximum Gasteiger partial charge on any atom is 0.274 e. The van der Waals surface area contributed by atoms with E-state index in [9.17, 15) is 9.59 Å². The second-order valence-corrected chi connectivity index (χ2v) is 6.62. The lowest BCUT2D eigenvalue weighted by Gasteiger charge is -2.34. The molecule has 0 atom stereocenters. The van der Waals surface area contributed by atoms with Gasteiger partial charge in [-0.05, 0) is 0 Å². The minimum atomic E-state index is -0.169. The summed E-state index contributed by atoms with van der Waals surface area (Å²) in [6.07, 6.45) is 4.48. The molecule has 0 aliphatic carbocycles. The number of benzene rings is 1. The molecule has 0 bridgehead atoms. The van der Waals surface area contributed by atoms with Gasteiger partial charge in [0.2, 0.25) is 11.7 Å². The summed E-state index contributed by atoms with van der Waals surface area (Å²) < 4.78 is 15.9. The zero-order valence-electron chi connectivity index (χ0n) is 17.3. The van der Waals surface area contributed by atoms with E-state index in [-0.39, 0.29) is 18.4 Å². The Morgan fingerprint density at radius 3 is 2.20 bits per heavy atom. The van der Waals surface area contributed by atoms with Crippen LogP contribution in [0, 0.1) is 0 Å². The number of hydrogen-bond donors (Lipinski definition) is 1. The molecular weight excluding hydrogens is 390 g/mol. The molecule has 1 aliphatic heterocycles. The number of nitrogens with zero attached hydrogens (tertiary/aromatic N) is 4. The molecule has 0 radical (unpaired) electrons. The van der Waals surface area contributed by atoms with Gasteiger partial charge in [-0.15, -0.1) is 0 Å². The van der Waals surface area contributed by atoms with Crippen molar-refractivity contribution in [1.29, 1.82) is 0 Å². The summed E-state index contributed by atoms with van der Waals surface area (Å²) in [7, 11) is 4.56. The van der Waals surface area contributed by atoms with Gasteiger partial charge in [0.15, 0.2) is 11.5 Å². The maximum atomic E-state index is 12.5. The number of amides is 2. The number of ether oxygens (including phenoxy) is 3. The summed E-state index contributed by atoms with van der Waals surface area (Å²) >= 11 is 0. The first kappa shape index (κ1) is 21.3. The van der Waals surface area contributed by atoms with Crippen LogP contribution in [-0.2, 0) is 4.79 Å². The molecule has 2 heterocycles. The normalized spacial score (nSPS) is 14.2. The van der Waals surface area contributed by atoms with E-state index >= 15 is 0 Å². The standard InChI is InChI=1S/C20H25N5O5/c1-28-16-10-14(11-17(29-2)19(16)30-3)23-18(26)13-24-6-8-25(9-7-24)20(27)15-12-21-4-5-22-15/h4-5,10-12H,6-9,13H2,1-3H3,(H,23,26). The highest BCUT2D eigenvalue weighted by Gasteiger charge is 2.24. The number of anilines is 1. The fourth-order valence-electron chi connectivity index (χ4n) is 3.24. The first-order valence-electron chi connectivity index (χ1n) is 9.43. The van der Waals surface area contributed by atoms with Gasteiger partial charge < -0.3 is 24.4 Å². The van der Waals surface area contributed by atoms with E-state index in [1.54, 1.807) is 17.0 Å². The molecule has 2 amide bonds. The largest absolute Gasteiger partial charge is 0.493 e. The van der Waals surface area contributed by atoms with Crippen molar-refractivity contribution < 1.29 is 23.8 Å². The highest BCUT2D eigenvalue weighted by Crippen LogP contribution is 2.39. The predicted octanol–water partition coefficient (Wildman–Crippen LogP) is 0.899.